The summed E-state index contributed by atoms with van der Waals surface area (Å²) < 4.78 is 5.22. The van der Waals surface area contributed by atoms with E-state index in [4.69, 9.17) is 16.0 Å². The van der Waals surface area contributed by atoms with E-state index in [1.54, 1.807) is 24.5 Å². The van der Waals surface area contributed by atoms with E-state index in [1.807, 2.05) is 43.3 Å². The molecule has 0 saturated heterocycles. The number of halogens is 1. The number of hydrogen-bond donors (Lipinski definition) is 1. The van der Waals surface area contributed by atoms with Crippen LogP contribution in [0.3, 0.4) is 0 Å². The standard InChI is InChI=1S/C19H19ClN4O2S/c1-24(2)17-10-16(20)22-19(23-17)27-12-13-5-3-6-14(9-13)18(25)21-11-15-7-4-8-26-15/h3-10H,11-12H2,1-2H3,(H,21,25). The fourth-order valence-corrected chi connectivity index (χ4v) is 3.34. The molecule has 3 aromatic rings. The number of carbonyl (C=O) groups is 1. The molecule has 140 valence electrons. The predicted octanol–water partition coefficient (Wildman–Crippen LogP) is 4.01. The smallest absolute Gasteiger partial charge is 0.251 e. The minimum absolute atomic E-state index is 0.146. The Balaban J connectivity index is 1.63. The van der Waals surface area contributed by atoms with Gasteiger partial charge >= 0.3 is 0 Å². The molecule has 6 nitrogen and oxygen atoms in total. The van der Waals surface area contributed by atoms with Gasteiger partial charge in [-0.1, -0.05) is 35.5 Å². The molecule has 0 unspecified atom stereocenters. The second kappa shape index (κ2) is 8.92. The zero-order valence-corrected chi connectivity index (χ0v) is 16.5. The highest BCUT2D eigenvalue weighted by Gasteiger charge is 2.09. The van der Waals surface area contributed by atoms with Crippen molar-refractivity contribution in [3.05, 3.63) is 70.8 Å². The van der Waals surface area contributed by atoms with Crippen molar-refractivity contribution >= 4 is 35.1 Å². The van der Waals surface area contributed by atoms with Crippen LogP contribution in [-0.2, 0) is 12.3 Å². The van der Waals surface area contributed by atoms with Gasteiger partial charge in [0.1, 0.15) is 16.7 Å². The first kappa shape index (κ1) is 19.3. The highest BCUT2D eigenvalue weighted by Crippen LogP contribution is 2.24. The Labute approximate surface area is 167 Å². The van der Waals surface area contributed by atoms with Gasteiger partial charge in [0.2, 0.25) is 0 Å². The molecular formula is C19H19ClN4O2S. The Hall–Kier alpha value is -2.51. The van der Waals surface area contributed by atoms with Gasteiger partial charge in [-0.15, -0.1) is 0 Å². The molecule has 8 heteroatoms. The number of amides is 1. The Morgan fingerprint density at radius 3 is 2.81 bits per heavy atom. The highest BCUT2D eigenvalue weighted by atomic mass is 35.5. The van der Waals surface area contributed by atoms with E-state index in [-0.39, 0.29) is 5.91 Å². The van der Waals surface area contributed by atoms with Gasteiger partial charge in [0, 0.05) is 31.5 Å². The second-order valence-electron chi connectivity index (χ2n) is 5.98. The molecule has 0 aliphatic carbocycles. The SMILES string of the molecule is CN(C)c1cc(Cl)nc(SCc2cccc(C(=O)NCc3ccco3)c2)n1. The maximum atomic E-state index is 12.3. The third kappa shape index (κ3) is 5.48. The summed E-state index contributed by atoms with van der Waals surface area (Å²) in [6.45, 7) is 0.356. The van der Waals surface area contributed by atoms with Gasteiger partial charge in [-0.2, -0.15) is 0 Å². The van der Waals surface area contributed by atoms with E-state index < -0.39 is 0 Å². The maximum Gasteiger partial charge on any atom is 0.251 e. The summed E-state index contributed by atoms with van der Waals surface area (Å²) >= 11 is 7.54. The molecule has 0 saturated carbocycles. The number of nitrogens with zero attached hydrogens (tertiary/aromatic N) is 3. The number of nitrogens with one attached hydrogen (secondary N) is 1. The molecule has 2 aromatic heterocycles. The van der Waals surface area contributed by atoms with Crippen LogP contribution in [0.2, 0.25) is 5.15 Å². The highest BCUT2D eigenvalue weighted by molar-refractivity contribution is 7.98. The van der Waals surface area contributed by atoms with Crippen molar-refractivity contribution in [1.29, 1.82) is 0 Å². The lowest BCUT2D eigenvalue weighted by Gasteiger charge is -2.12. The van der Waals surface area contributed by atoms with Gasteiger partial charge in [-0.05, 0) is 29.8 Å². The monoisotopic (exact) mass is 402 g/mol. The van der Waals surface area contributed by atoms with E-state index in [2.05, 4.69) is 15.3 Å². The fourth-order valence-electron chi connectivity index (χ4n) is 2.31. The average Bonchev–Trinajstić information content (AvgIpc) is 3.18. The van der Waals surface area contributed by atoms with Crippen molar-refractivity contribution in [2.45, 2.75) is 17.5 Å². The second-order valence-corrected chi connectivity index (χ2v) is 7.31. The Bertz CT molecular complexity index is 916. The van der Waals surface area contributed by atoms with Crippen molar-refractivity contribution in [2.75, 3.05) is 19.0 Å². The lowest BCUT2D eigenvalue weighted by Crippen LogP contribution is -2.22. The number of rotatable bonds is 7. The van der Waals surface area contributed by atoms with E-state index >= 15 is 0 Å². The van der Waals surface area contributed by atoms with Crippen molar-refractivity contribution in [3.63, 3.8) is 0 Å². The fraction of sp³-hybridized carbons (Fsp3) is 0.211. The molecular weight excluding hydrogens is 384 g/mol. The predicted molar refractivity (Wildman–Crippen MR) is 107 cm³/mol. The van der Waals surface area contributed by atoms with E-state index in [1.165, 1.54) is 11.8 Å². The summed E-state index contributed by atoms with van der Waals surface area (Å²) in [7, 11) is 3.80. The Kier molecular flexibility index (Phi) is 6.36. The zero-order valence-electron chi connectivity index (χ0n) is 15.0. The van der Waals surface area contributed by atoms with Crippen LogP contribution in [0, 0.1) is 0 Å². The quantitative estimate of drug-likeness (QED) is 0.365. The molecule has 0 spiro atoms. The summed E-state index contributed by atoms with van der Waals surface area (Å²) in [4.78, 5) is 22.9. The van der Waals surface area contributed by atoms with Gasteiger partial charge in [0.15, 0.2) is 5.16 Å². The number of anilines is 1. The molecule has 0 aliphatic rings. The van der Waals surface area contributed by atoms with Crippen molar-refractivity contribution in [2.24, 2.45) is 0 Å². The van der Waals surface area contributed by atoms with E-state index in [0.29, 0.717) is 33.9 Å². The Morgan fingerprint density at radius 1 is 1.22 bits per heavy atom. The molecule has 0 fully saturated rings. The summed E-state index contributed by atoms with van der Waals surface area (Å²) in [6, 6.07) is 12.8. The molecule has 0 radical (unpaired) electrons. The summed E-state index contributed by atoms with van der Waals surface area (Å²) in [5.41, 5.74) is 1.60. The number of thioether (sulfide) groups is 1. The van der Waals surface area contributed by atoms with Crippen molar-refractivity contribution in [1.82, 2.24) is 15.3 Å². The molecule has 0 bridgehead atoms. The third-order valence-corrected chi connectivity index (χ3v) is 4.79. The van der Waals surface area contributed by atoms with Crippen LogP contribution < -0.4 is 10.2 Å². The van der Waals surface area contributed by atoms with Crippen LogP contribution in [0.1, 0.15) is 21.7 Å². The molecule has 3 rings (SSSR count). The first-order valence-electron chi connectivity index (χ1n) is 8.25. The zero-order chi connectivity index (χ0) is 19.2. The van der Waals surface area contributed by atoms with Gasteiger partial charge < -0.3 is 14.6 Å². The molecule has 2 heterocycles. The molecule has 1 amide bonds. The van der Waals surface area contributed by atoms with Crippen LogP contribution in [-0.4, -0.2) is 30.0 Å². The lowest BCUT2D eigenvalue weighted by atomic mass is 10.1. The van der Waals surface area contributed by atoms with Crippen LogP contribution in [0.5, 0.6) is 0 Å². The summed E-state index contributed by atoms with van der Waals surface area (Å²) in [5, 5.41) is 3.84. The topological polar surface area (TPSA) is 71.3 Å². The first-order chi connectivity index (χ1) is 13.0. The molecule has 1 aromatic carbocycles. The first-order valence-corrected chi connectivity index (χ1v) is 9.62. The minimum atomic E-state index is -0.146. The van der Waals surface area contributed by atoms with Crippen LogP contribution in [0.15, 0.2) is 58.3 Å². The molecule has 27 heavy (non-hydrogen) atoms. The third-order valence-electron chi connectivity index (χ3n) is 3.68. The van der Waals surface area contributed by atoms with Gasteiger partial charge in [-0.25, -0.2) is 9.97 Å². The lowest BCUT2D eigenvalue weighted by molar-refractivity contribution is 0.0948. The van der Waals surface area contributed by atoms with Crippen LogP contribution >= 0.6 is 23.4 Å². The number of benzene rings is 1. The summed E-state index contributed by atoms with van der Waals surface area (Å²) in [6.07, 6.45) is 1.58. The normalized spacial score (nSPS) is 10.6. The van der Waals surface area contributed by atoms with E-state index in [0.717, 1.165) is 11.4 Å². The molecule has 0 atom stereocenters. The molecule has 0 aliphatic heterocycles. The van der Waals surface area contributed by atoms with Gasteiger partial charge in [0.05, 0.1) is 12.8 Å². The largest absolute Gasteiger partial charge is 0.467 e. The number of carbonyl (C=O) groups excluding carboxylic acids is 1. The minimum Gasteiger partial charge on any atom is -0.467 e. The summed E-state index contributed by atoms with van der Waals surface area (Å²) in [5.74, 6) is 1.95. The Morgan fingerprint density at radius 2 is 2.07 bits per heavy atom. The number of furan rings is 1. The van der Waals surface area contributed by atoms with Crippen molar-refractivity contribution < 1.29 is 9.21 Å². The van der Waals surface area contributed by atoms with Crippen molar-refractivity contribution in [3.8, 4) is 0 Å². The van der Waals surface area contributed by atoms with Crippen LogP contribution in [0.25, 0.3) is 0 Å². The number of aromatic nitrogens is 2. The van der Waals surface area contributed by atoms with Crippen LogP contribution in [0.4, 0.5) is 5.82 Å². The van der Waals surface area contributed by atoms with Gasteiger partial charge in [0.25, 0.3) is 5.91 Å². The number of hydrogen-bond acceptors (Lipinski definition) is 6. The van der Waals surface area contributed by atoms with Gasteiger partial charge in [-0.3, -0.25) is 4.79 Å². The van der Waals surface area contributed by atoms with E-state index in [9.17, 15) is 4.79 Å². The average molecular weight is 403 g/mol. The maximum absolute atomic E-state index is 12.3. The molecule has 1 N–H and O–H groups in total.